The molecule has 0 radical (unpaired) electrons. The highest BCUT2D eigenvalue weighted by Gasteiger charge is 2.43. The van der Waals surface area contributed by atoms with Gasteiger partial charge in [0, 0.05) is 24.5 Å². The van der Waals surface area contributed by atoms with Crippen LogP contribution >= 0.6 is 0 Å². The molecule has 0 aromatic carbocycles. The van der Waals surface area contributed by atoms with Gasteiger partial charge in [-0.1, -0.05) is 0 Å². The molecule has 108 valence electrons. The zero-order valence-electron chi connectivity index (χ0n) is 11.4. The van der Waals surface area contributed by atoms with E-state index < -0.39 is 11.5 Å². The minimum atomic E-state index is -0.931. The lowest BCUT2D eigenvalue weighted by Gasteiger charge is -2.28. The molecule has 1 saturated heterocycles. The van der Waals surface area contributed by atoms with E-state index in [9.17, 15) is 14.7 Å². The van der Waals surface area contributed by atoms with Gasteiger partial charge in [0.15, 0.2) is 0 Å². The number of likely N-dealkylation sites (tertiary alicyclic amines) is 1. The molecule has 1 saturated carbocycles. The molecule has 1 aliphatic carbocycles. The first-order valence-electron chi connectivity index (χ1n) is 6.75. The number of carboxylic acid groups (broad SMARTS) is 1. The van der Waals surface area contributed by atoms with Crippen molar-refractivity contribution in [3.8, 4) is 0 Å². The molecule has 0 aromatic rings. The Labute approximate surface area is 112 Å². The van der Waals surface area contributed by atoms with E-state index >= 15 is 0 Å². The number of aliphatic carboxylic acids is 1. The summed E-state index contributed by atoms with van der Waals surface area (Å²) >= 11 is 0. The number of carbonyl (C=O) groups is 2. The van der Waals surface area contributed by atoms with Crippen LogP contribution in [-0.4, -0.2) is 51.8 Å². The largest absolute Gasteiger partial charge is 0.481 e. The van der Waals surface area contributed by atoms with E-state index in [0.29, 0.717) is 19.0 Å². The summed E-state index contributed by atoms with van der Waals surface area (Å²) < 4.78 is 0. The second-order valence-corrected chi connectivity index (χ2v) is 6.36. The van der Waals surface area contributed by atoms with Crippen molar-refractivity contribution >= 4 is 12.0 Å². The Balaban J connectivity index is 1.90. The van der Waals surface area contributed by atoms with Crippen molar-refractivity contribution in [2.75, 3.05) is 13.1 Å². The topological polar surface area (TPSA) is 89.9 Å². The fraction of sp³-hybridized carbons (Fsp3) is 0.846. The number of urea groups is 1. The third-order valence-corrected chi connectivity index (χ3v) is 4.14. The Morgan fingerprint density at radius 3 is 2.58 bits per heavy atom. The first-order valence-corrected chi connectivity index (χ1v) is 6.75. The monoisotopic (exact) mass is 270 g/mol. The SMILES string of the molecule is CC(C)(CC(=O)O)NC(=O)N1CC2CCC(O)C2C1. The molecule has 6 heteroatoms. The number of fused-ring (bicyclic) bond motifs is 1. The molecule has 1 aliphatic heterocycles. The Bertz CT molecular complexity index is 383. The van der Waals surface area contributed by atoms with Crippen LogP contribution in [0.2, 0.25) is 0 Å². The molecule has 3 atom stereocenters. The smallest absolute Gasteiger partial charge is 0.317 e. The summed E-state index contributed by atoms with van der Waals surface area (Å²) in [7, 11) is 0. The van der Waals surface area contributed by atoms with Crippen LogP contribution in [0.15, 0.2) is 0 Å². The van der Waals surface area contributed by atoms with E-state index in [1.807, 2.05) is 0 Å². The number of aliphatic hydroxyl groups is 1. The van der Waals surface area contributed by atoms with Gasteiger partial charge in [-0.2, -0.15) is 0 Å². The van der Waals surface area contributed by atoms with Gasteiger partial charge < -0.3 is 20.4 Å². The molecular weight excluding hydrogens is 248 g/mol. The molecule has 2 amide bonds. The Morgan fingerprint density at radius 2 is 2.00 bits per heavy atom. The molecule has 3 N–H and O–H groups in total. The highest BCUT2D eigenvalue weighted by atomic mass is 16.4. The number of hydrogen-bond acceptors (Lipinski definition) is 3. The van der Waals surface area contributed by atoms with E-state index in [1.165, 1.54) is 0 Å². The normalized spacial score (nSPS) is 30.3. The third-order valence-electron chi connectivity index (χ3n) is 4.14. The first-order chi connectivity index (χ1) is 8.78. The molecule has 1 heterocycles. The lowest BCUT2D eigenvalue weighted by molar-refractivity contribution is -0.138. The molecular formula is C13H22N2O4. The molecule has 2 fully saturated rings. The summed E-state index contributed by atoms with van der Waals surface area (Å²) in [6, 6.07) is -0.229. The van der Waals surface area contributed by atoms with Crippen LogP contribution in [0.4, 0.5) is 4.79 Å². The number of amides is 2. The van der Waals surface area contributed by atoms with Gasteiger partial charge in [-0.05, 0) is 32.6 Å². The van der Waals surface area contributed by atoms with Crippen LogP contribution < -0.4 is 5.32 Å². The van der Waals surface area contributed by atoms with E-state index in [0.717, 1.165) is 12.8 Å². The summed E-state index contributed by atoms with van der Waals surface area (Å²) in [4.78, 5) is 24.5. The predicted octanol–water partition coefficient (Wildman–Crippen LogP) is 0.652. The standard InChI is InChI=1S/C13H22N2O4/c1-13(2,5-11(17)18)14-12(19)15-6-8-3-4-10(16)9(8)7-15/h8-10,16H,3-7H2,1-2H3,(H,14,19)(H,17,18). The average molecular weight is 270 g/mol. The van der Waals surface area contributed by atoms with E-state index in [-0.39, 0.29) is 24.5 Å². The molecule has 6 nitrogen and oxygen atoms in total. The molecule has 0 bridgehead atoms. The second kappa shape index (κ2) is 5.00. The average Bonchev–Trinajstić information content (AvgIpc) is 2.78. The summed E-state index contributed by atoms with van der Waals surface area (Å²) in [5, 5.41) is 21.4. The molecule has 0 aromatic heterocycles. The summed E-state index contributed by atoms with van der Waals surface area (Å²) in [5.74, 6) is -0.351. The van der Waals surface area contributed by atoms with Crippen LogP contribution in [0.25, 0.3) is 0 Å². The first kappa shape index (κ1) is 14.1. The van der Waals surface area contributed by atoms with Crippen molar-refractivity contribution in [2.24, 2.45) is 11.8 Å². The summed E-state index contributed by atoms with van der Waals surface area (Å²) in [6.45, 7) is 4.63. The highest BCUT2D eigenvalue weighted by molar-refractivity contribution is 5.77. The van der Waals surface area contributed by atoms with Crippen LogP contribution in [0, 0.1) is 11.8 Å². The lowest BCUT2D eigenvalue weighted by Crippen LogP contribution is -2.50. The number of carbonyl (C=O) groups excluding carboxylic acids is 1. The number of nitrogens with one attached hydrogen (secondary N) is 1. The fourth-order valence-corrected chi connectivity index (χ4v) is 3.19. The predicted molar refractivity (Wildman–Crippen MR) is 68.7 cm³/mol. The summed E-state index contributed by atoms with van der Waals surface area (Å²) in [5.41, 5.74) is -0.765. The molecule has 0 spiro atoms. The van der Waals surface area contributed by atoms with Gasteiger partial charge in [0.2, 0.25) is 0 Å². The van der Waals surface area contributed by atoms with Gasteiger partial charge in [-0.3, -0.25) is 4.79 Å². The molecule has 2 aliphatic rings. The minimum Gasteiger partial charge on any atom is -0.481 e. The van der Waals surface area contributed by atoms with Gasteiger partial charge in [0.05, 0.1) is 12.5 Å². The van der Waals surface area contributed by atoms with Crippen molar-refractivity contribution < 1.29 is 19.8 Å². The van der Waals surface area contributed by atoms with Crippen molar-refractivity contribution in [1.29, 1.82) is 0 Å². The molecule has 2 rings (SSSR count). The van der Waals surface area contributed by atoms with Crippen LogP contribution in [0.1, 0.15) is 33.1 Å². The van der Waals surface area contributed by atoms with Gasteiger partial charge in [-0.15, -0.1) is 0 Å². The second-order valence-electron chi connectivity index (χ2n) is 6.36. The quantitative estimate of drug-likeness (QED) is 0.702. The Morgan fingerprint density at radius 1 is 1.32 bits per heavy atom. The van der Waals surface area contributed by atoms with Gasteiger partial charge in [0.1, 0.15) is 0 Å². The Kier molecular flexibility index (Phi) is 3.71. The van der Waals surface area contributed by atoms with Gasteiger partial charge >= 0.3 is 12.0 Å². The number of carboxylic acids is 1. The molecule has 3 unspecified atom stereocenters. The van der Waals surface area contributed by atoms with E-state index in [1.54, 1.807) is 18.7 Å². The zero-order chi connectivity index (χ0) is 14.2. The molecule has 19 heavy (non-hydrogen) atoms. The minimum absolute atomic E-state index is 0.109. The zero-order valence-corrected chi connectivity index (χ0v) is 11.4. The number of aliphatic hydroxyl groups excluding tert-OH is 1. The summed E-state index contributed by atoms with van der Waals surface area (Å²) in [6.07, 6.45) is 1.39. The van der Waals surface area contributed by atoms with Crippen LogP contribution in [-0.2, 0) is 4.79 Å². The maximum atomic E-state index is 12.1. The van der Waals surface area contributed by atoms with Gasteiger partial charge in [-0.25, -0.2) is 4.79 Å². The van der Waals surface area contributed by atoms with Crippen molar-refractivity contribution in [3.63, 3.8) is 0 Å². The number of rotatable bonds is 3. The van der Waals surface area contributed by atoms with E-state index in [2.05, 4.69) is 5.32 Å². The van der Waals surface area contributed by atoms with Gasteiger partial charge in [0.25, 0.3) is 0 Å². The highest BCUT2D eigenvalue weighted by Crippen LogP contribution is 2.38. The van der Waals surface area contributed by atoms with Crippen molar-refractivity contribution in [3.05, 3.63) is 0 Å². The van der Waals surface area contributed by atoms with Crippen molar-refractivity contribution in [1.82, 2.24) is 10.2 Å². The van der Waals surface area contributed by atoms with E-state index in [4.69, 9.17) is 5.11 Å². The number of hydrogen-bond donors (Lipinski definition) is 3. The maximum absolute atomic E-state index is 12.1. The van der Waals surface area contributed by atoms with Crippen LogP contribution in [0.5, 0.6) is 0 Å². The maximum Gasteiger partial charge on any atom is 0.317 e. The Hall–Kier alpha value is -1.30. The number of nitrogens with zero attached hydrogens (tertiary/aromatic N) is 1. The van der Waals surface area contributed by atoms with Crippen molar-refractivity contribution in [2.45, 2.75) is 44.8 Å². The lowest BCUT2D eigenvalue weighted by atomic mass is 10.00. The third kappa shape index (κ3) is 3.18. The van der Waals surface area contributed by atoms with Crippen LogP contribution in [0.3, 0.4) is 0 Å². The fourth-order valence-electron chi connectivity index (χ4n) is 3.19.